The molecule has 0 spiro atoms. The maximum atomic E-state index is 13.7. The van der Waals surface area contributed by atoms with Crippen LogP contribution >= 0.6 is 11.3 Å². The third-order valence-electron chi connectivity index (χ3n) is 7.86. The number of rotatable bonds is 8. The highest BCUT2D eigenvalue weighted by atomic mass is 32.1. The summed E-state index contributed by atoms with van der Waals surface area (Å²) in [4.78, 5) is 45.6. The molecule has 2 saturated carbocycles. The summed E-state index contributed by atoms with van der Waals surface area (Å²) in [5.74, 6) is -0.260. The van der Waals surface area contributed by atoms with Gasteiger partial charge in [-0.05, 0) is 69.0 Å². The molecule has 1 unspecified atom stereocenters. The number of hydrogen-bond donors (Lipinski definition) is 2. The van der Waals surface area contributed by atoms with Crippen LogP contribution in [0.1, 0.15) is 89.0 Å². The van der Waals surface area contributed by atoms with E-state index in [4.69, 9.17) is 4.98 Å². The van der Waals surface area contributed by atoms with Gasteiger partial charge in [0.05, 0.1) is 15.9 Å². The van der Waals surface area contributed by atoms with Crippen LogP contribution in [0.3, 0.4) is 0 Å². The summed E-state index contributed by atoms with van der Waals surface area (Å²) in [7, 11) is 1.87. The average Bonchev–Trinajstić information content (AvgIpc) is 3.55. The number of nitrogens with one attached hydrogen (secondary N) is 2. The Morgan fingerprint density at radius 1 is 1.18 bits per heavy atom. The van der Waals surface area contributed by atoms with Gasteiger partial charge in [0.25, 0.3) is 11.8 Å². The van der Waals surface area contributed by atoms with Gasteiger partial charge >= 0.3 is 0 Å². The van der Waals surface area contributed by atoms with Crippen LogP contribution in [-0.4, -0.2) is 51.3 Å². The molecule has 2 aliphatic carbocycles. The minimum atomic E-state index is -1.15. The zero-order chi connectivity index (χ0) is 27.7. The second-order valence-corrected chi connectivity index (χ2v) is 11.6. The van der Waals surface area contributed by atoms with Crippen molar-refractivity contribution in [1.29, 1.82) is 0 Å². The van der Waals surface area contributed by atoms with Gasteiger partial charge in [0.1, 0.15) is 6.17 Å². The molecule has 8 nitrogen and oxygen atoms in total. The van der Waals surface area contributed by atoms with Crippen LogP contribution in [-0.2, 0) is 4.79 Å². The third-order valence-corrected chi connectivity index (χ3v) is 9.10. The Morgan fingerprint density at radius 3 is 2.59 bits per heavy atom. The van der Waals surface area contributed by atoms with Crippen LogP contribution in [0.25, 0.3) is 11.0 Å². The maximum absolute atomic E-state index is 13.7. The molecule has 1 atom stereocenters. The van der Waals surface area contributed by atoms with Gasteiger partial charge in [0.15, 0.2) is 0 Å². The van der Waals surface area contributed by atoms with Crippen LogP contribution in [0.15, 0.2) is 43.0 Å². The lowest BCUT2D eigenvalue weighted by molar-refractivity contribution is -0.117. The molecule has 3 amide bonds. The number of anilines is 1. The number of carbonyl (C=O) groups excluding carboxylic acids is 3. The van der Waals surface area contributed by atoms with Crippen molar-refractivity contribution in [2.45, 2.75) is 76.2 Å². The van der Waals surface area contributed by atoms with Crippen molar-refractivity contribution in [2.75, 3.05) is 12.4 Å². The number of thiophene rings is 1. The SMILES string of the molecule is C=CC(=O)NC1CC(n2c(NC(=O)c3ccc(C(C)F)s3)nc3cc(C(=O)N(C)C4CCCCC4)ccc32)C1. The third kappa shape index (κ3) is 5.61. The lowest BCUT2D eigenvalue weighted by atomic mass is 9.86. The molecule has 0 radical (unpaired) electrons. The highest BCUT2D eigenvalue weighted by Gasteiger charge is 2.34. The molecule has 0 aliphatic heterocycles. The predicted molar refractivity (Wildman–Crippen MR) is 151 cm³/mol. The predicted octanol–water partition coefficient (Wildman–Crippen LogP) is 5.79. The Kier molecular flexibility index (Phi) is 7.83. The summed E-state index contributed by atoms with van der Waals surface area (Å²) < 4.78 is 15.7. The fraction of sp³-hybridized carbons (Fsp3) is 0.448. The molecular formula is C29H34FN5O3S. The summed E-state index contributed by atoms with van der Waals surface area (Å²) in [6.07, 6.45) is 6.97. The molecule has 1 aromatic carbocycles. The van der Waals surface area contributed by atoms with E-state index in [2.05, 4.69) is 17.2 Å². The largest absolute Gasteiger partial charge is 0.350 e. The molecule has 5 rings (SSSR count). The molecule has 0 bridgehead atoms. The van der Waals surface area contributed by atoms with E-state index in [1.165, 1.54) is 19.4 Å². The zero-order valence-electron chi connectivity index (χ0n) is 22.3. The highest BCUT2D eigenvalue weighted by Crippen LogP contribution is 2.38. The first kappa shape index (κ1) is 27.1. The Hall–Kier alpha value is -3.53. The summed E-state index contributed by atoms with van der Waals surface area (Å²) in [5, 5.41) is 5.82. The van der Waals surface area contributed by atoms with Crippen LogP contribution in [0.4, 0.5) is 10.3 Å². The van der Waals surface area contributed by atoms with Gasteiger partial charge in [-0.3, -0.25) is 19.7 Å². The first-order chi connectivity index (χ1) is 18.7. The molecule has 39 heavy (non-hydrogen) atoms. The van der Waals surface area contributed by atoms with E-state index in [-0.39, 0.29) is 35.8 Å². The van der Waals surface area contributed by atoms with Crippen molar-refractivity contribution in [2.24, 2.45) is 0 Å². The molecule has 0 saturated heterocycles. The number of nitrogens with zero attached hydrogens (tertiary/aromatic N) is 3. The molecule has 2 aliphatic rings. The van der Waals surface area contributed by atoms with Gasteiger partial charge in [-0.2, -0.15) is 0 Å². The minimum absolute atomic E-state index is 0.00242. The molecule has 2 N–H and O–H groups in total. The van der Waals surface area contributed by atoms with Gasteiger partial charge in [0, 0.05) is 35.6 Å². The van der Waals surface area contributed by atoms with E-state index in [0.717, 1.165) is 42.5 Å². The van der Waals surface area contributed by atoms with Crippen molar-refractivity contribution in [3.63, 3.8) is 0 Å². The number of hydrogen-bond acceptors (Lipinski definition) is 5. The van der Waals surface area contributed by atoms with Crippen LogP contribution < -0.4 is 10.6 Å². The molecule has 2 fully saturated rings. The number of carbonyl (C=O) groups is 3. The summed E-state index contributed by atoms with van der Waals surface area (Å²) >= 11 is 1.11. The number of aromatic nitrogens is 2. The quantitative estimate of drug-likeness (QED) is 0.346. The number of imidazole rings is 1. The van der Waals surface area contributed by atoms with Gasteiger partial charge in [-0.15, -0.1) is 11.3 Å². The summed E-state index contributed by atoms with van der Waals surface area (Å²) in [5.41, 5.74) is 1.96. The van der Waals surface area contributed by atoms with E-state index < -0.39 is 6.17 Å². The van der Waals surface area contributed by atoms with Gasteiger partial charge < -0.3 is 14.8 Å². The number of alkyl halides is 1. The average molecular weight is 552 g/mol. The number of fused-ring (bicyclic) bond motifs is 1. The van der Waals surface area contributed by atoms with E-state index in [1.54, 1.807) is 18.2 Å². The minimum Gasteiger partial charge on any atom is -0.350 e. The number of halogens is 1. The van der Waals surface area contributed by atoms with Gasteiger partial charge in [-0.1, -0.05) is 25.8 Å². The molecule has 206 valence electrons. The van der Waals surface area contributed by atoms with E-state index in [9.17, 15) is 18.8 Å². The zero-order valence-corrected chi connectivity index (χ0v) is 23.1. The van der Waals surface area contributed by atoms with Crippen LogP contribution in [0, 0.1) is 0 Å². The van der Waals surface area contributed by atoms with Crippen molar-refractivity contribution in [3.8, 4) is 0 Å². The maximum Gasteiger partial charge on any atom is 0.268 e. The monoisotopic (exact) mass is 551 g/mol. The molecule has 2 heterocycles. The van der Waals surface area contributed by atoms with Gasteiger partial charge in [0.2, 0.25) is 11.9 Å². The van der Waals surface area contributed by atoms with Crippen molar-refractivity contribution in [1.82, 2.24) is 19.8 Å². The molecular weight excluding hydrogens is 517 g/mol. The fourth-order valence-corrected chi connectivity index (χ4v) is 6.39. The normalized spacial score (nSPS) is 20.2. The lowest BCUT2D eigenvalue weighted by Gasteiger charge is -2.37. The number of benzene rings is 1. The van der Waals surface area contributed by atoms with Crippen LogP contribution in [0.5, 0.6) is 0 Å². The van der Waals surface area contributed by atoms with Crippen molar-refractivity contribution in [3.05, 3.63) is 58.3 Å². The second-order valence-electron chi connectivity index (χ2n) is 10.5. The Bertz CT molecular complexity index is 1400. The number of amides is 3. The smallest absolute Gasteiger partial charge is 0.268 e. The van der Waals surface area contributed by atoms with Crippen molar-refractivity contribution >= 4 is 46.0 Å². The van der Waals surface area contributed by atoms with Crippen molar-refractivity contribution < 1.29 is 18.8 Å². The molecule has 2 aromatic heterocycles. The highest BCUT2D eigenvalue weighted by molar-refractivity contribution is 7.14. The lowest BCUT2D eigenvalue weighted by Crippen LogP contribution is -2.44. The summed E-state index contributed by atoms with van der Waals surface area (Å²) in [6, 6.07) is 8.95. The van der Waals surface area contributed by atoms with Crippen LogP contribution in [0.2, 0.25) is 0 Å². The Balaban J connectivity index is 1.43. The second kappa shape index (κ2) is 11.3. The first-order valence-electron chi connectivity index (χ1n) is 13.5. The van der Waals surface area contributed by atoms with Gasteiger partial charge in [-0.25, -0.2) is 9.37 Å². The summed E-state index contributed by atoms with van der Waals surface area (Å²) in [6.45, 7) is 4.95. The van der Waals surface area contributed by atoms with E-state index in [1.807, 2.05) is 28.6 Å². The Morgan fingerprint density at radius 2 is 1.92 bits per heavy atom. The topological polar surface area (TPSA) is 96.3 Å². The van der Waals surface area contributed by atoms with E-state index in [0.29, 0.717) is 39.6 Å². The molecule has 3 aromatic rings. The Labute approximate surface area is 231 Å². The van der Waals surface area contributed by atoms with E-state index >= 15 is 0 Å². The standard InChI is InChI=1S/C29H34FN5O3S/c1-4-26(36)31-19-15-21(16-19)35-23-11-10-18(28(38)34(3)20-8-6-5-7-9-20)14-22(23)32-29(35)33-27(37)25-13-12-24(39-25)17(2)30/h4,10-14,17,19-21H,1,5-9,15-16H2,2-3H3,(H,31,36)(H,32,33,37). The fourth-order valence-electron chi connectivity index (χ4n) is 5.56. The molecule has 10 heteroatoms. The first-order valence-corrected chi connectivity index (χ1v) is 14.3.